The molecule has 0 aromatic carbocycles. The quantitative estimate of drug-likeness (QED) is 0.145. The Morgan fingerprint density at radius 3 is 1.45 bits per heavy atom. The number of hydroxylamine groups is 2. The Labute approximate surface area is 106 Å². The van der Waals surface area contributed by atoms with E-state index in [-0.39, 0.29) is 68.8 Å². The van der Waals surface area contributed by atoms with Gasteiger partial charge in [-0.05, 0) is 0 Å². The molecule has 8 nitrogen and oxygen atoms in total. The van der Waals surface area contributed by atoms with E-state index in [1.807, 2.05) is 10.6 Å². The second-order valence-electron chi connectivity index (χ2n) is 1.02. The Bertz CT molecular complexity index is 131. The van der Waals surface area contributed by atoms with Gasteiger partial charge in [-0.2, -0.15) is 0 Å². The molecule has 0 spiro atoms. The molecule has 0 aromatic heterocycles. The summed E-state index contributed by atoms with van der Waals surface area (Å²) >= 11 is 0. The first-order chi connectivity index (χ1) is 4.20. The third-order valence-electron chi connectivity index (χ3n) is 0.441. The molecule has 0 bridgehead atoms. The van der Waals surface area contributed by atoms with E-state index in [1.165, 1.54) is 0 Å². The largest absolute Gasteiger partial charge is 1.00 e. The van der Waals surface area contributed by atoms with Crippen LogP contribution in [-0.4, -0.2) is 26.8 Å². The third-order valence-corrected chi connectivity index (χ3v) is 0.441. The number of rotatable bonds is 2. The van der Waals surface area contributed by atoms with E-state index >= 15 is 0 Å². The van der Waals surface area contributed by atoms with E-state index in [4.69, 9.17) is 10.4 Å². The zero-order valence-electron chi connectivity index (χ0n) is 6.21. The molecule has 11 heavy (non-hydrogen) atoms. The van der Waals surface area contributed by atoms with Crippen LogP contribution < -0.4 is 59.1 Å². The third kappa shape index (κ3) is 10.4. The molecule has 10 heteroatoms. The van der Waals surface area contributed by atoms with E-state index in [2.05, 4.69) is 0 Å². The summed E-state index contributed by atoms with van der Waals surface area (Å²) in [6, 6.07) is 0. The molecule has 0 aliphatic rings. The molecule has 2 N–H and O–H groups in total. The summed E-state index contributed by atoms with van der Waals surface area (Å²) in [6.07, 6.45) is 0. The van der Waals surface area contributed by atoms with Crippen LogP contribution in [0.5, 0.6) is 0 Å². The zero-order chi connectivity index (χ0) is 7.28. The molecule has 52 valence electrons. The fraction of sp³-hybridized carbons (Fsp3) is 1.00. The number of hydrogen-bond donors (Lipinski definition) is 2. The second kappa shape index (κ2) is 10.4. The van der Waals surface area contributed by atoms with Crippen LogP contribution in [0, 0.1) is 10.4 Å². The van der Waals surface area contributed by atoms with Crippen molar-refractivity contribution in [1.82, 2.24) is 0 Å². The zero-order valence-corrected chi connectivity index (χ0v) is 10.2. The van der Waals surface area contributed by atoms with Crippen molar-refractivity contribution in [2.75, 3.05) is 6.67 Å². The summed E-state index contributed by atoms with van der Waals surface area (Å²) in [6.45, 7) is -0.868. The first kappa shape index (κ1) is 17.5. The van der Waals surface area contributed by atoms with Crippen LogP contribution in [0.3, 0.4) is 0 Å². The minimum atomic E-state index is -0.868. The molecular weight excluding hydrogens is 178 g/mol. The van der Waals surface area contributed by atoms with Crippen molar-refractivity contribution in [3.8, 4) is 0 Å². The Morgan fingerprint density at radius 2 is 1.27 bits per heavy atom. The van der Waals surface area contributed by atoms with Gasteiger partial charge in [0.1, 0.15) is 0 Å². The van der Waals surface area contributed by atoms with E-state index in [9.17, 15) is 10.4 Å². The van der Waals surface area contributed by atoms with Gasteiger partial charge in [-0.1, -0.05) is 0 Å². The first-order valence-corrected chi connectivity index (χ1v) is 1.80. The van der Waals surface area contributed by atoms with Crippen LogP contribution >= 0.6 is 0 Å². The second-order valence-corrected chi connectivity index (χ2v) is 1.02. The average molecular weight is 182 g/mol. The molecule has 0 unspecified atom stereocenters. The van der Waals surface area contributed by atoms with Crippen LogP contribution in [0.2, 0.25) is 0 Å². The van der Waals surface area contributed by atoms with Gasteiger partial charge in [0.15, 0.2) is 0 Å². The van der Waals surface area contributed by atoms with Gasteiger partial charge in [0.05, 0.1) is 0 Å². The fourth-order valence-electron chi connectivity index (χ4n) is 0.160. The molecule has 0 aliphatic carbocycles. The van der Waals surface area contributed by atoms with E-state index in [0.29, 0.717) is 0 Å². The summed E-state index contributed by atoms with van der Waals surface area (Å²) in [7, 11) is 0. The van der Waals surface area contributed by atoms with Crippen molar-refractivity contribution < 1.29 is 79.3 Å². The van der Waals surface area contributed by atoms with Gasteiger partial charge in [-0.15, -0.1) is 0 Å². The van der Waals surface area contributed by atoms with Gasteiger partial charge in [0.2, 0.25) is 10.6 Å². The predicted octanol–water partition coefficient (Wildman–Crippen LogP) is -6.34. The van der Waals surface area contributed by atoms with Gasteiger partial charge in [-0.3, -0.25) is 0 Å². The Kier molecular flexibility index (Phi) is 16.5. The standard InChI is InChI=1S/CH4N4O4.2Na/c6-2-4(8)1-5(9)3-7;;/h6-7H,1H2;;/q;2*+1. The predicted molar refractivity (Wildman–Crippen MR) is 20.6 cm³/mol. The topological polar surface area (TPSA) is 117 Å². The van der Waals surface area contributed by atoms with Gasteiger partial charge < -0.3 is 20.8 Å². The summed E-state index contributed by atoms with van der Waals surface area (Å²) in [5, 5.41) is 39.1. The normalized spacial score (nSPS) is 11.3. The van der Waals surface area contributed by atoms with Crippen molar-refractivity contribution in [2.45, 2.75) is 0 Å². The molecule has 0 fully saturated rings. The molecule has 0 amide bonds. The van der Waals surface area contributed by atoms with Crippen LogP contribution in [0.15, 0.2) is 10.6 Å². The Hall–Kier alpha value is 0.400. The molecule has 0 saturated carbocycles. The molecule has 0 heterocycles. The Morgan fingerprint density at radius 1 is 1.00 bits per heavy atom. The fourth-order valence-corrected chi connectivity index (χ4v) is 0.160. The van der Waals surface area contributed by atoms with Crippen LogP contribution in [0.25, 0.3) is 0 Å². The van der Waals surface area contributed by atoms with Crippen molar-refractivity contribution >= 4 is 0 Å². The van der Waals surface area contributed by atoms with Gasteiger partial charge in [0.25, 0.3) is 0 Å². The van der Waals surface area contributed by atoms with Gasteiger partial charge >= 0.3 is 65.8 Å². The van der Waals surface area contributed by atoms with Crippen LogP contribution in [-0.2, 0) is 0 Å². The van der Waals surface area contributed by atoms with Crippen molar-refractivity contribution in [2.24, 2.45) is 10.6 Å². The molecule has 0 aromatic rings. The van der Waals surface area contributed by atoms with Crippen LogP contribution in [0.4, 0.5) is 0 Å². The molecule has 0 saturated heterocycles. The molecule has 0 rings (SSSR count). The summed E-state index contributed by atoms with van der Waals surface area (Å²) < 4.78 is 0. The van der Waals surface area contributed by atoms with E-state index in [0.717, 1.165) is 0 Å². The minimum Gasteiger partial charge on any atom is -0.592 e. The maximum atomic E-state index is 9.87. The van der Waals surface area contributed by atoms with Crippen molar-refractivity contribution in [3.05, 3.63) is 10.4 Å². The molecular formula is CH4N4Na2O4+2. The molecule has 0 radical (unpaired) electrons. The van der Waals surface area contributed by atoms with Crippen LogP contribution in [0.1, 0.15) is 0 Å². The SMILES string of the molecule is [Na+].[Na+].[O-][N+](C[N+]([O-])=NO)=NO. The van der Waals surface area contributed by atoms with E-state index in [1.54, 1.807) is 0 Å². The van der Waals surface area contributed by atoms with Crippen molar-refractivity contribution in [1.29, 1.82) is 0 Å². The Balaban J connectivity index is -0.000000320. The maximum Gasteiger partial charge on any atom is 1.00 e. The summed E-state index contributed by atoms with van der Waals surface area (Å²) in [5.74, 6) is 0. The minimum absolute atomic E-state index is 0. The monoisotopic (exact) mass is 182 g/mol. The van der Waals surface area contributed by atoms with Gasteiger partial charge in [-0.25, -0.2) is 0 Å². The summed E-state index contributed by atoms with van der Waals surface area (Å²) in [4.78, 5) is -0.709. The first-order valence-electron chi connectivity index (χ1n) is 1.80. The smallest absolute Gasteiger partial charge is 0.592 e. The maximum absolute atomic E-state index is 9.87. The van der Waals surface area contributed by atoms with Gasteiger partial charge in [0, 0.05) is 9.72 Å². The number of nitrogens with zero attached hydrogens (tertiary/aromatic N) is 4. The molecule has 0 aliphatic heterocycles. The summed E-state index contributed by atoms with van der Waals surface area (Å²) in [5.41, 5.74) is 0. The average Bonchev–Trinajstić information content (AvgIpc) is 1.87. The van der Waals surface area contributed by atoms with E-state index < -0.39 is 6.67 Å². The van der Waals surface area contributed by atoms with Crippen molar-refractivity contribution in [3.63, 3.8) is 0 Å². The number of hydrogen-bond acceptors (Lipinski definition) is 4. The molecule has 0 atom stereocenters.